The minimum atomic E-state index is 0.525. The van der Waals surface area contributed by atoms with Crippen LogP contribution in [0.5, 0.6) is 0 Å². The Balaban J connectivity index is 1.22. The zero-order chi connectivity index (χ0) is 37.5. The average Bonchev–Trinajstić information content (AvgIpc) is 3.94. The van der Waals surface area contributed by atoms with E-state index in [9.17, 15) is 0 Å². The second-order valence-electron chi connectivity index (χ2n) is 14.4. The maximum Gasteiger partial charge on any atom is 0.240 e. The molecule has 0 radical (unpaired) electrons. The van der Waals surface area contributed by atoms with Gasteiger partial charge in [0.15, 0.2) is 5.82 Å². The molecule has 0 aliphatic carbocycles. The molecule has 6 heteroatoms. The SMILES string of the molecule is c1ccc(-c2ccc3c4ccc(-c5ccccc5)cc4n(-c4nc(-c5cccc6oc7ccccc7c56)nc(-n5c6ccccc6c6ccccc65)n4)c3c2)cc1. The number of hydrogen-bond acceptors (Lipinski definition) is 4. The normalized spacial score (nSPS) is 11.9. The Kier molecular flexibility index (Phi) is 6.83. The molecule has 4 heterocycles. The second kappa shape index (κ2) is 12.3. The molecule has 0 amide bonds. The van der Waals surface area contributed by atoms with Gasteiger partial charge in [0.25, 0.3) is 0 Å². The first-order valence-corrected chi connectivity index (χ1v) is 19.1. The summed E-state index contributed by atoms with van der Waals surface area (Å²) in [4.78, 5) is 16.3. The zero-order valence-electron chi connectivity index (χ0n) is 30.5. The standard InChI is InChI=1S/C51H31N5O/c1-3-14-32(15-4-1)34-26-28-38-39-29-27-35(33-16-5-2-6-17-33)31-45(39)56(44(38)30-34)51-53-49(41-21-13-25-47-48(41)40-20-9-12-24-46(40)57-47)52-50(54-51)55-42-22-10-7-18-36(42)37-19-8-11-23-43(37)55/h1-31H. The number of nitrogens with zero attached hydrogens (tertiary/aromatic N) is 5. The Bertz CT molecular complexity index is 3370. The van der Waals surface area contributed by atoms with E-state index in [-0.39, 0.29) is 0 Å². The van der Waals surface area contributed by atoms with Crippen molar-refractivity contribution in [2.24, 2.45) is 0 Å². The topological polar surface area (TPSA) is 61.7 Å². The Morgan fingerprint density at radius 1 is 0.333 bits per heavy atom. The minimum Gasteiger partial charge on any atom is -0.456 e. The molecule has 0 saturated carbocycles. The lowest BCUT2D eigenvalue weighted by molar-refractivity contribution is 0.669. The first-order chi connectivity index (χ1) is 28.3. The van der Waals surface area contributed by atoms with Crippen LogP contribution in [-0.4, -0.2) is 24.1 Å². The fourth-order valence-corrected chi connectivity index (χ4v) is 8.63. The van der Waals surface area contributed by atoms with E-state index in [2.05, 4.69) is 167 Å². The minimum absolute atomic E-state index is 0.525. The Morgan fingerprint density at radius 3 is 1.40 bits per heavy atom. The van der Waals surface area contributed by atoms with Crippen molar-refractivity contribution in [3.05, 3.63) is 188 Å². The van der Waals surface area contributed by atoms with Crippen molar-refractivity contribution in [1.82, 2.24) is 24.1 Å². The van der Waals surface area contributed by atoms with Gasteiger partial charge in [-0.25, -0.2) is 0 Å². The number of aromatic nitrogens is 5. The van der Waals surface area contributed by atoms with E-state index in [4.69, 9.17) is 19.4 Å². The average molecular weight is 730 g/mol. The predicted molar refractivity (Wildman–Crippen MR) is 232 cm³/mol. The van der Waals surface area contributed by atoms with E-state index in [1.54, 1.807) is 0 Å². The van der Waals surface area contributed by atoms with Gasteiger partial charge >= 0.3 is 0 Å². The summed E-state index contributed by atoms with van der Waals surface area (Å²) < 4.78 is 10.8. The Hall–Kier alpha value is -7.83. The van der Waals surface area contributed by atoms with E-state index < -0.39 is 0 Å². The highest BCUT2D eigenvalue weighted by Gasteiger charge is 2.23. The van der Waals surface area contributed by atoms with Gasteiger partial charge in [-0.05, 0) is 58.7 Å². The van der Waals surface area contributed by atoms with Crippen molar-refractivity contribution >= 4 is 65.6 Å². The summed E-state index contributed by atoms with van der Waals surface area (Å²) in [6.45, 7) is 0. The number of para-hydroxylation sites is 3. The van der Waals surface area contributed by atoms with Crippen molar-refractivity contribution in [1.29, 1.82) is 0 Å². The van der Waals surface area contributed by atoms with Crippen molar-refractivity contribution in [2.45, 2.75) is 0 Å². The third kappa shape index (κ3) is 4.87. The first kappa shape index (κ1) is 31.5. The first-order valence-electron chi connectivity index (χ1n) is 19.1. The molecule has 12 aromatic rings. The molecule has 0 unspecified atom stereocenters. The fraction of sp³-hybridized carbons (Fsp3) is 0. The molecular formula is C51H31N5O. The lowest BCUT2D eigenvalue weighted by Crippen LogP contribution is -2.10. The van der Waals surface area contributed by atoms with Crippen molar-refractivity contribution in [3.63, 3.8) is 0 Å². The molecule has 0 aliphatic heterocycles. The monoisotopic (exact) mass is 729 g/mol. The van der Waals surface area contributed by atoms with Crippen LogP contribution in [0.1, 0.15) is 0 Å². The van der Waals surface area contributed by atoms with Gasteiger partial charge in [-0.15, -0.1) is 0 Å². The van der Waals surface area contributed by atoms with Gasteiger partial charge in [-0.1, -0.05) is 152 Å². The van der Waals surface area contributed by atoms with Gasteiger partial charge in [0.1, 0.15) is 11.2 Å². The van der Waals surface area contributed by atoms with E-state index in [1.165, 1.54) is 0 Å². The van der Waals surface area contributed by atoms with Crippen LogP contribution >= 0.6 is 0 Å². The van der Waals surface area contributed by atoms with Crippen LogP contribution < -0.4 is 0 Å². The summed E-state index contributed by atoms with van der Waals surface area (Å²) in [6, 6.07) is 65.6. The summed E-state index contributed by atoms with van der Waals surface area (Å²) in [5, 5.41) is 6.49. The lowest BCUT2D eigenvalue weighted by Gasteiger charge is -2.13. The van der Waals surface area contributed by atoms with Crippen LogP contribution in [0.2, 0.25) is 0 Å². The summed E-state index contributed by atoms with van der Waals surface area (Å²) in [5.74, 6) is 1.62. The van der Waals surface area contributed by atoms with Crippen LogP contribution in [0, 0.1) is 0 Å². The van der Waals surface area contributed by atoms with Crippen LogP contribution in [0.15, 0.2) is 192 Å². The molecule has 0 aliphatic rings. The summed E-state index contributed by atoms with van der Waals surface area (Å²) in [7, 11) is 0. The van der Waals surface area contributed by atoms with E-state index in [1.807, 2.05) is 30.3 Å². The number of rotatable bonds is 5. The van der Waals surface area contributed by atoms with Gasteiger partial charge in [0, 0.05) is 37.9 Å². The molecular weight excluding hydrogens is 699 g/mol. The summed E-state index contributed by atoms with van der Waals surface area (Å²) in [5.41, 5.74) is 11.0. The van der Waals surface area contributed by atoms with Crippen LogP contribution in [0.25, 0.3) is 111 Å². The maximum atomic E-state index is 6.38. The second-order valence-corrected chi connectivity index (χ2v) is 14.4. The Morgan fingerprint density at radius 2 is 0.807 bits per heavy atom. The van der Waals surface area contributed by atoms with E-state index in [0.717, 1.165) is 93.4 Å². The molecule has 8 aromatic carbocycles. The molecule has 0 bridgehead atoms. The molecule has 0 spiro atoms. The maximum absolute atomic E-state index is 6.38. The van der Waals surface area contributed by atoms with Crippen LogP contribution in [0.4, 0.5) is 0 Å². The lowest BCUT2D eigenvalue weighted by atomic mass is 10.0. The highest BCUT2D eigenvalue weighted by atomic mass is 16.3. The van der Waals surface area contributed by atoms with E-state index >= 15 is 0 Å². The van der Waals surface area contributed by atoms with Gasteiger partial charge in [0.2, 0.25) is 11.9 Å². The number of furan rings is 1. The quantitative estimate of drug-likeness (QED) is 0.177. The molecule has 266 valence electrons. The molecule has 57 heavy (non-hydrogen) atoms. The van der Waals surface area contributed by atoms with Gasteiger partial charge in [-0.2, -0.15) is 15.0 Å². The Labute approximate surface area is 326 Å². The molecule has 0 saturated heterocycles. The van der Waals surface area contributed by atoms with Gasteiger partial charge < -0.3 is 4.42 Å². The number of hydrogen-bond donors (Lipinski definition) is 0. The highest BCUT2D eigenvalue weighted by molar-refractivity contribution is 6.13. The largest absolute Gasteiger partial charge is 0.456 e. The van der Waals surface area contributed by atoms with E-state index in [0.29, 0.717) is 17.7 Å². The van der Waals surface area contributed by atoms with Gasteiger partial charge in [-0.3, -0.25) is 9.13 Å². The van der Waals surface area contributed by atoms with Crippen LogP contribution in [0.3, 0.4) is 0 Å². The van der Waals surface area contributed by atoms with Gasteiger partial charge in [0.05, 0.1) is 22.1 Å². The number of fused-ring (bicyclic) bond motifs is 9. The fourth-order valence-electron chi connectivity index (χ4n) is 8.63. The molecule has 12 rings (SSSR count). The zero-order valence-corrected chi connectivity index (χ0v) is 30.5. The summed E-state index contributed by atoms with van der Waals surface area (Å²) >= 11 is 0. The smallest absolute Gasteiger partial charge is 0.240 e. The van der Waals surface area contributed by atoms with Crippen molar-refractivity contribution < 1.29 is 4.42 Å². The van der Waals surface area contributed by atoms with Crippen molar-refractivity contribution in [3.8, 4) is 45.5 Å². The number of benzene rings is 8. The van der Waals surface area contributed by atoms with Crippen molar-refractivity contribution in [2.75, 3.05) is 0 Å². The third-order valence-electron chi connectivity index (χ3n) is 11.2. The molecule has 0 N–H and O–H groups in total. The molecule has 0 fully saturated rings. The molecule has 4 aromatic heterocycles. The molecule has 0 atom stereocenters. The third-order valence-corrected chi connectivity index (χ3v) is 11.2. The highest BCUT2D eigenvalue weighted by Crippen LogP contribution is 2.40. The predicted octanol–water partition coefficient (Wildman–Crippen LogP) is 13.0. The molecule has 6 nitrogen and oxygen atoms in total. The van der Waals surface area contributed by atoms with Crippen LogP contribution in [-0.2, 0) is 0 Å². The summed E-state index contributed by atoms with van der Waals surface area (Å²) in [6.07, 6.45) is 0.